The number of oxime groups is 1. The predicted octanol–water partition coefficient (Wildman–Crippen LogP) is 1.42. The molecule has 0 aromatic heterocycles. The van der Waals surface area contributed by atoms with E-state index in [2.05, 4.69) is 19.0 Å². The molecule has 1 saturated heterocycles. The number of carbonyl (C=O) groups excluding carboxylic acids is 1. The van der Waals surface area contributed by atoms with E-state index in [9.17, 15) is 4.79 Å². The van der Waals surface area contributed by atoms with Crippen molar-refractivity contribution >= 4 is 11.7 Å². The zero-order chi connectivity index (χ0) is 15.2. The quantitative estimate of drug-likeness (QED) is 0.334. The molecule has 1 unspecified atom stereocenters. The number of carbonyl (C=O) groups is 1. The van der Waals surface area contributed by atoms with Crippen LogP contribution < -0.4 is 5.73 Å². The van der Waals surface area contributed by atoms with Gasteiger partial charge < -0.3 is 20.6 Å². The Hall–Kier alpha value is -1.30. The van der Waals surface area contributed by atoms with Crippen LogP contribution in [0.2, 0.25) is 0 Å². The van der Waals surface area contributed by atoms with Crippen LogP contribution in [0.25, 0.3) is 0 Å². The molecule has 0 saturated carbocycles. The molecule has 1 atom stereocenters. The monoisotopic (exact) mass is 285 g/mol. The van der Waals surface area contributed by atoms with Crippen LogP contribution in [0.4, 0.5) is 0 Å². The second kappa shape index (κ2) is 7.47. The lowest BCUT2D eigenvalue weighted by atomic mass is 9.77. The normalized spacial score (nSPS) is 20.4. The van der Waals surface area contributed by atoms with E-state index in [0.717, 1.165) is 6.42 Å². The van der Waals surface area contributed by atoms with Gasteiger partial charge in [0.05, 0.1) is 0 Å². The molecule has 0 bridgehead atoms. The Labute approximate surface area is 120 Å². The number of amidine groups is 1. The third-order valence-electron chi connectivity index (χ3n) is 4.25. The van der Waals surface area contributed by atoms with Gasteiger partial charge in [0.1, 0.15) is 5.41 Å². The van der Waals surface area contributed by atoms with Gasteiger partial charge in [-0.25, -0.2) is 0 Å². The van der Waals surface area contributed by atoms with Crippen LogP contribution >= 0.6 is 0 Å². The van der Waals surface area contributed by atoms with Gasteiger partial charge in [-0.05, 0) is 25.7 Å². The van der Waals surface area contributed by atoms with Crippen molar-refractivity contribution < 1.29 is 14.7 Å². The van der Waals surface area contributed by atoms with E-state index < -0.39 is 5.41 Å². The zero-order valence-corrected chi connectivity index (χ0v) is 12.8. The van der Waals surface area contributed by atoms with E-state index in [1.807, 2.05) is 11.8 Å². The topological polar surface area (TPSA) is 88.2 Å². The van der Waals surface area contributed by atoms with Crippen LogP contribution in [0.5, 0.6) is 0 Å². The molecule has 3 N–H and O–H groups in total. The summed E-state index contributed by atoms with van der Waals surface area (Å²) in [4.78, 5) is 14.7. The summed E-state index contributed by atoms with van der Waals surface area (Å²) in [7, 11) is 0. The highest BCUT2D eigenvalue weighted by molar-refractivity contribution is 6.06. The maximum atomic E-state index is 12.9. The number of rotatable bonds is 6. The van der Waals surface area contributed by atoms with E-state index in [1.54, 1.807) is 0 Å². The second-order valence-electron chi connectivity index (χ2n) is 5.54. The largest absolute Gasteiger partial charge is 0.409 e. The molecule has 6 nitrogen and oxygen atoms in total. The lowest BCUT2D eigenvalue weighted by Crippen LogP contribution is -2.54. The molecule has 1 heterocycles. The molecule has 0 spiro atoms. The maximum Gasteiger partial charge on any atom is 0.236 e. The molecule has 1 aliphatic heterocycles. The highest BCUT2D eigenvalue weighted by Gasteiger charge is 2.46. The van der Waals surface area contributed by atoms with Gasteiger partial charge in [-0.1, -0.05) is 25.4 Å². The molecule has 1 amide bonds. The van der Waals surface area contributed by atoms with Crippen LogP contribution in [0, 0.1) is 11.3 Å². The molecule has 116 valence electrons. The fraction of sp³-hybridized carbons (Fsp3) is 0.857. The minimum atomic E-state index is -0.906. The first-order valence-electron chi connectivity index (χ1n) is 7.36. The molecule has 1 rings (SSSR count). The molecule has 0 aliphatic carbocycles. The minimum Gasteiger partial charge on any atom is -0.409 e. The number of ether oxygens (including phenoxy) is 1. The standard InChI is InChI=1S/C14H27N3O3/c1-4-11(3)10-17(5-2)13(18)14(12(15)16-19)6-8-20-9-7-14/h11,19H,4-10H2,1-3H3,(H2,15,16). The van der Waals surface area contributed by atoms with Gasteiger partial charge in [-0.15, -0.1) is 0 Å². The summed E-state index contributed by atoms with van der Waals surface area (Å²) in [5.41, 5.74) is 4.93. The Kier molecular flexibility index (Phi) is 6.26. The summed E-state index contributed by atoms with van der Waals surface area (Å²) in [6, 6.07) is 0. The minimum absolute atomic E-state index is 0.00778. The van der Waals surface area contributed by atoms with Gasteiger partial charge >= 0.3 is 0 Å². The van der Waals surface area contributed by atoms with E-state index in [0.29, 0.717) is 45.1 Å². The lowest BCUT2D eigenvalue weighted by molar-refractivity contribution is -0.143. The highest BCUT2D eigenvalue weighted by Crippen LogP contribution is 2.33. The first-order valence-corrected chi connectivity index (χ1v) is 7.36. The van der Waals surface area contributed by atoms with Crippen LogP contribution in [0.1, 0.15) is 40.0 Å². The Morgan fingerprint density at radius 2 is 2.05 bits per heavy atom. The maximum absolute atomic E-state index is 12.9. The van der Waals surface area contributed by atoms with Gasteiger partial charge in [0.15, 0.2) is 5.84 Å². The Bertz CT molecular complexity index is 352. The van der Waals surface area contributed by atoms with Crippen molar-refractivity contribution in [2.75, 3.05) is 26.3 Å². The number of nitrogens with zero attached hydrogens (tertiary/aromatic N) is 2. The van der Waals surface area contributed by atoms with Gasteiger partial charge in [0.25, 0.3) is 0 Å². The summed E-state index contributed by atoms with van der Waals surface area (Å²) in [5.74, 6) is 0.399. The SMILES string of the molecule is CCC(C)CN(CC)C(=O)C1(C(N)=NO)CCOCC1. The number of hydrogen-bond acceptors (Lipinski definition) is 4. The third-order valence-corrected chi connectivity index (χ3v) is 4.25. The van der Waals surface area contributed by atoms with Crippen molar-refractivity contribution in [2.24, 2.45) is 22.2 Å². The summed E-state index contributed by atoms with van der Waals surface area (Å²) in [6.07, 6.45) is 1.96. The van der Waals surface area contributed by atoms with Gasteiger partial charge in [0.2, 0.25) is 5.91 Å². The molecule has 0 aromatic rings. The molecule has 0 radical (unpaired) electrons. The Morgan fingerprint density at radius 1 is 1.45 bits per heavy atom. The third kappa shape index (κ3) is 3.42. The number of amides is 1. The molecule has 20 heavy (non-hydrogen) atoms. The lowest BCUT2D eigenvalue weighted by Gasteiger charge is -2.39. The first-order chi connectivity index (χ1) is 9.51. The molecular weight excluding hydrogens is 258 g/mol. The Balaban J connectivity index is 2.97. The van der Waals surface area contributed by atoms with Crippen molar-refractivity contribution in [1.82, 2.24) is 4.90 Å². The Morgan fingerprint density at radius 3 is 2.50 bits per heavy atom. The van der Waals surface area contributed by atoms with Crippen molar-refractivity contribution in [3.63, 3.8) is 0 Å². The van der Waals surface area contributed by atoms with Crippen LogP contribution in [0.3, 0.4) is 0 Å². The van der Waals surface area contributed by atoms with Gasteiger partial charge in [-0.3, -0.25) is 4.79 Å². The average molecular weight is 285 g/mol. The van der Waals surface area contributed by atoms with Crippen LogP contribution in [-0.4, -0.2) is 48.2 Å². The summed E-state index contributed by atoms with van der Waals surface area (Å²) in [5, 5.41) is 12.1. The van der Waals surface area contributed by atoms with Crippen LogP contribution in [-0.2, 0) is 9.53 Å². The van der Waals surface area contributed by atoms with E-state index in [1.165, 1.54) is 0 Å². The fourth-order valence-corrected chi connectivity index (χ4v) is 2.56. The number of nitrogens with two attached hydrogens (primary N) is 1. The van der Waals surface area contributed by atoms with Crippen LogP contribution in [0.15, 0.2) is 5.16 Å². The highest BCUT2D eigenvalue weighted by atomic mass is 16.5. The van der Waals surface area contributed by atoms with Crippen molar-refractivity contribution in [2.45, 2.75) is 40.0 Å². The van der Waals surface area contributed by atoms with Crippen molar-refractivity contribution in [3.8, 4) is 0 Å². The summed E-state index contributed by atoms with van der Waals surface area (Å²) >= 11 is 0. The fourth-order valence-electron chi connectivity index (χ4n) is 2.56. The zero-order valence-electron chi connectivity index (χ0n) is 12.8. The van der Waals surface area contributed by atoms with E-state index >= 15 is 0 Å². The van der Waals surface area contributed by atoms with Gasteiger partial charge in [0, 0.05) is 26.3 Å². The second-order valence-corrected chi connectivity index (χ2v) is 5.54. The molecular formula is C14H27N3O3. The molecule has 1 fully saturated rings. The van der Waals surface area contributed by atoms with Crippen molar-refractivity contribution in [1.29, 1.82) is 0 Å². The van der Waals surface area contributed by atoms with Gasteiger partial charge in [-0.2, -0.15) is 0 Å². The predicted molar refractivity (Wildman–Crippen MR) is 77.6 cm³/mol. The molecule has 0 aromatic carbocycles. The van der Waals surface area contributed by atoms with E-state index in [-0.39, 0.29) is 11.7 Å². The molecule has 6 heteroatoms. The van der Waals surface area contributed by atoms with E-state index in [4.69, 9.17) is 15.7 Å². The number of hydrogen-bond donors (Lipinski definition) is 2. The average Bonchev–Trinajstić information content (AvgIpc) is 2.51. The van der Waals surface area contributed by atoms with Crippen molar-refractivity contribution in [3.05, 3.63) is 0 Å². The smallest absolute Gasteiger partial charge is 0.236 e. The first kappa shape index (κ1) is 16.8. The molecule has 1 aliphatic rings. The summed E-state index contributed by atoms with van der Waals surface area (Å²) in [6.45, 7) is 8.44. The summed E-state index contributed by atoms with van der Waals surface area (Å²) < 4.78 is 5.32.